The Morgan fingerprint density at radius 2 is 1.20 bits per heavy atom. The summed E-state index contributed by atoms with van der Waals surface area (Å²) in [6.45, 7) is 23.9. The molecule has 0 amide bonds. The average Bonchev–Trinajstić information content (AvgIpc) is 2.66. The highest BCUT2D eigenvalue weighted by molar-refractivity contribution is 4.93. The summed E-state index contributed by atoms with van der Waals surface area (Å²) in [4.78, 5) is 2.67. The van der Waals surface area contributed by atoms with Crippen LogP contribution >= 0.6 is 0 Å². The zero-order valence-corrected chi connectivity index (χ0v) is 15.6. The Kier molecular flexibility index (Phi) is 14.5. The van der Waals surface area contributed by atoms with Crippen molar-refractivity contribution in [1.82, 2.24) is 4.90 Å². The summed E-state index contributed by atoms with van der Waals surface area (Å²) in [5.74, 6) is 0. The average molecular weight is 288 g/mol. The predicted octanol–water partition coefficient (Wildman–Crippen LogP) is 6.76. The van der Waals surface area contributed by atoms with Gasteiger partial charge in [0.2, 0.25) is 0 Å². The highest BCUT2D eigenvalue weighted by atomic mass is 15.2. The molecular weight excluding hydrogens is 242 g/mol. The fourth-order valence-corrected chi connectivity index (χ4v) is 2.47. The Hall–Kier alpha value is -0.0400. The van der Waals surface area contributed by atoms with Crippen LogP contribution in [0.2, 0.25) is 0 Å². The molecule has 0 aromatic carbocycles. The summed E-state index contributed by atoms with van der Waals surface area (Å²) < 4.78 is 0. The van der Waals surface area contributed by atoms with Gasteiger partial charge in [-0.15, -0.1) is 0 Å². The van der Waals surface area contributed by atoms with Gasteiger partial charge >= 0.3 is 0 Å². The van der Waals surface area contributed by atoms with E-state index in [0.717, 1.165) is 6.04 Å². The molecule has 0 aromatic heterocycles. The molecular formula is C19H45N. The van der Waals surface area contributed by atoms with E-state index in [2.05, 4.69) is 74.1 Å². The van der Waals surface area contributed by atoms with Crippen LogP contribution in [-0.2, 0) is 0 Å². The van der Waals surface area contributed by atoms with Gasteiger partial charge in [-0.3, -0.25) is 4.90 Å². The SMILES string of the molecule is C.CC(C)(C)C1CCCN1C(C)(C)C.CCC.CCC. The lowest BCUT2D eigenvalue weighted by atomic mass is 9.83. The highest BCUT2D eigenvalue weighted by Gasteiger charge is 2.38. The van der Waals surface area contributed by atoms with Crippen LogP contribution in [0.25, 0.3) is 0 Å². The van der Waals surface area contributed by atoms with Crippen LogP contribution in [0.4, 0.5) is 0 Å². The van der Waals surface area contributed by atoms with Crippen LogP contribution < -0.4 is 0 Å². The third-order valence-corrected chi connectivity index (χ3v) is 3.11. The zero-order valence-electron chi connectivity index (χ0n) is 15.6. The maximum atomic E-state index is 2.67. The Morgan fingerprint density at radius 3 is 1.40 bits per heavy atom. The Bertz CT molecular complexity index is 173. The molecule has 0 aromatic rings. The van der Waals surface area contributed by atoms with Crippen molar-refractivity contribution in [3.05, 3.63) is 0 Å². The number of likely N-dealkylation sites (tertiary alicyclic amines) is 1. The second-order valence-corrected chi connectivity index (χ2v) is 7.80. The summed E-state index contributed by atoms with van der Waals surface area (Å²) in [6.07, 6.45) is 5.25. The monoisotopic (exact) mass is 287 g/mol. The molecule has 1 aliphatic rings. The molecule has 0 saturated carbocycles. The minimum atomic E-state index is 0. The van der Waals surface area contributed by atoms with E-state index >= 15 is 0 Å². The van der Waals surface area contributed by atoms with E-state index in [4.69, 9.17) is 0 Å². The molecule has 1 atom stereocenters. The van der Waals surface area contributed by atoms with Crippen molar-refractivity contribution in [2.45, 2.75) is 114 Å². The van der Waals surface area contributed by atoms with E-state index in [9.17, 15) is 0 Å². The molecule has 0 spiro atoms. The Balaban J connectivity index is -0.000000356. The van der Waals surface area contributed by atoms with E-state index in [1.54, 1.807) is 0 Å². The normalized spacial score (nSPS) is 19.2. The molecule has 20 heavy (non-hydrogen) atoms. The smallest absolute Gasteiger partial charge is 0.0149 e. The van der Waals surface area contributed by atoms with E-state index in [0.29, 0.717) is 11.0 Å². The largest absolute Gasteiger partial charge is 0.295 e. The molecule has 1 heterocycles. The molecule has 0 bridgehead atoms. The first-order valence-electron chi connectivity index (χ1n) is 8.32. The fourth-order valence-electron chi connectivity index (χ4n) is 2.47. The topological polar surface area (TPSA) is 3.24 Å². The Morgan fingerprint density at radius 1 is 0.850 bits per heavy atom. The second kappa shape index (κ2) is 11.6. The van der Waals surface area contributed by atoms with Crippen LogP contribution in [0.15, 0.2) is 0 Å². The molecule has 0 aliphatic carbocycles. The van der Waals surface area contributed by atoms with E-state index in [1.165, 1.54) is 32.2 Å². The molecule has 1 nitrogen and oxygen atoms in total. The van der Waals surface area contributed by atoms with E-state index in [-0.39, 0.29) is 7.43 Å². The maximum absolute atomic E-state index is 2.67. The number of hydrogen-bond donors (Lipinski definition) is 0. The van der Waals surface area contributed by atoms with Gasteiger partial charge in [0, 0.05) is 11.6 Å². The lowest BCUT2D eigenvalue weighted by Gasteiger charge is -2.43. The van der Waals surface area contributed by atoms with Gasteiger partial charge in [0.05, 0.1) is 0 Å². The van der Waals surface area contributed by atoms with Crippen molar-refractivity contribution >= 4 is 0 Å². The first-order chi connectivity index (χ1) is 8.56. The van der Waals surface area contributed by atoms with Crippen LogP contribution in [0, 0.1) is 5.41 Å². The van der Waals surface area contributed by atoms with Crippen molar-refractivity contribution in [2.24, 2.45) is 5.41 Å². The molecule has 1 heteroatoms. The number of nitrogens with zero attached hydrogens (tertiary/aromatic N) is 1. The first kappa shape index (κ1) is 24.9. The van der Waals surface area contributed by atoms with Crippen LogP contribution in [0.1, 0.15) is 102 Å². The van der Waals surface area contributed by atoms with Gasteiger partial charge in [-0.05, 0) is 45.6 Å². The van der Waals surface area contributed by atoms with Gasteiger partial charge in [-0.25, -0.2) is 0 Å². The molecule has 0 N–H and O–H groups in total. The third kappa shape index (κ3) is 10.7. The zero-order chi connectivity index (χ0) is 15.7. The molecule has 1 unspecified atom stereocenters. The molecule has 126 valence electrons. The summed E-state index contributed by atoms with van der Waals surface area (Å²) in [5, 5.41) is 0. The van der Waals surface area contributed by atoms with E-state index < -0.39 is 0 Å². The van der Waals surface area contributed by atoms with E-state index in [1.807, 2.05) is 0 Å². The number of hydrogen-bond acceptors (Lipinski definition) is 1. The highest BCUT2D eigenvalue weighted by Crippen LogP contribution is 2.36. The van der Waals surface area contributed by atoms with Crippen LogP contribution in [-0.4, -0.2) is 23.0 Å². The molecule has 1 fully saturated rings. The summed E-state index contributed by atoms with van der Waals surface area (Å²) in [6, 6.07) is 0.771. The van der Waals surface area contributed by atoms with Crippen molar-refractivity contribution < 1.29 is 0 Å². The molecule has 1 rings (SSSR count). The van der Waals surface area contributed by atoms with Gasteiger partial charge in [-0.2, -0.15) is 0 Å². The minimum absolute atomic E-state index is 0. The van der Waals surface area contributed by atoms with Gasteiger partial charge in [0.15, 0.2) is 0 Å². The third-order valence-electron chi connectivity index (χ3n) is 3.11. The van der Waals surface area contributed by atoms with Crippen molar-refractivity contribution in [1.29, 1.82) is 0 Å². The molecule has 1 aliphatic heterocycles. The van der Waals surface area contributed by atoms with Crippen molar-refractivity contribution in [2.75, 3.05) is 6.54 Å². The van der Waals surface area contributed by atoms with Gasteiger partial charge in [-0.1, -0.05) is 68.7 Å². The first-order valence-corrected chi connectivity index (χ1v) is 8.32. The summed E-state index contributed by atoms with van der Waals surface area (Å²) in [5.41, 5.74) is 0.776. The van der Waals surface area contributed by atoms with Crippen molar-refractivity contribution in [3.63, 3.8) is 0 Å². The summed E-state index contributed by atoms with van der Waals surface area (Å²) >= 11 is 0. The minimum Gasteiger partial charge on any atom is -0.295 e. The second-order valence-electron chi connectivity index (χ2n) is 7.80. The molecule has 0 radical (unpaired) electrons. The Labute approximate surface area is 131 Å². The fraction of sp³-hybridized carbons (Fsp3) is 1.00. The maximum Gasteiger partial charge on any atom is 0.0149 e. The quantitative estimate of drug-likeness (QED) is 0.475. The van der Waals surface area contributed by atoms with Gasteiger partial charge < -0.3 is 0 Å². The molecule has 1 saturated heterocycles. The number of rotatable bonds is 0. The lowest BCUT2D eigenvalue weighted by molar-refractivity contribution is 0.0582. The summed E-state index contributed by atoms with van der Waals surface area (Å²) in [7, 11) is 0. The van der Waals surface area contributed by atoms with Gasteiger partial charge in [0.25, 0.3) is 0 Å². The standard InChI is InChI=1S/C12H25N.2C3H8.CH4/c1-11(2,3)10-8-7-9-13(10)12(4,5)6;2*1-3-2;/h10H,7-9H2,1-6H3;2*3H2,1-2H3;1H4. The lowest BCUT2D eigenvalue weighted by Crippen LogP contribution is -2.49. The van der Waals surface area contributed by atoms with Crippen LogP contribution in [0.5, 0.6) is 0 Å². The van der Waals surface area contributed by atoms with Gasteiger partial charge in [0.1, 0.15) is 0 Å². The van der Waals surface area contributed by atoms with Crippen molar-refractivity contribution in [3.8, 4) is 0 Å². The van der Waals surface area contributed by atoms with Crippen LogP contribution in [0.3, 0.4) is 0 Å². The predicted molar refractivity (Wildman–Crippen MR) is 97.6 cm³/mol.